The number of methoxy groups -OCH3 is 1. The Balaban J connectivity index is 2.28. The van der Waals surface area contributed by atoms with Crippen molar-refractivity contribution >= 4 is 23.6 Å². The number of nitrogens with one attached hydrogen (secondary N) is 3. The Morgan fingerprint density at radius 1 is 1.24 bits per heavy atom. The van der Waals surface area contributed by atoms with Gasteiger partial charge in [0.25, 0.3) is 5.91 Å². The first-order valence-corrected chi connectivity index (χ1v) is 11.6. The Morgan fingerprint density at radius 2 is 1.97 bits per heavy atom. The van der Waals surface area contributed by atoms with Crippen molar-refractivity contribution in [2.75, 3.05) is 40.5 Å². The van der Waals surface area contributed by atoms with Crippen molar-refractivity contribution in [3.63, 3.8) is 0 Å². The number of rotatable bonds is 6. The molecule has 0 saturated carbocycles. The highest BCUT2D eigenvalue weighted by atomic mass is 16.5. The molecule has 1 aromatic rings. The third-order valence-electron chi connectivity index (χ3n) is 5.60. The van der Waals surface area contributed by atoms with Crippen molar-refractivity contribution in [2.45, 2.75) is 45.2 Å². The molecular weight excluding hydrogens is 440 g/mol. The van der Waals surface area contributed by atoms with E-state index in [4.69, 9.17) is 9.47 Å². The molecule has 3 N–H and O–H groups in total. The van der Waals surface area contributed by atoms with Crippen LogP contribution in [0.25, 0.3) is 0 Å². The zero-order valence-corrected chi connectivity index (χ0v) is 20.4. The molecule has 1 aliphatic rings. The number of hydrogen-bond donors (Lipinski definition) is 3. The number of carbonyl (C=O) groups excluding carboxylic acids is 4. The van der Waals surface area contributed by atoms with Crippen LogP contribution in [0.2, 0.25) is 0 Å². The van der Waals surface area contributed by atoms with Gasteiger partial charge in [-0.05, 0) is 30.9 Å². The third-order valence-corrected chi connectivity index (χ3v) is 5.60. The second kappa shape index (κ2) is 13.5. The molecule has 188 valence electrons. The van der Waals surface area contributed by atoms with Gasteiger partial charge in [-0.15, -0.1) is 0 Å². The van der Waals surface area contributed by atoms with Crippen molar-refractivity contribution in [1.29, 1.82) is 0 Å². The summed E-state index contributed by atoms with van der Waals surface area (Å²) in [7, 11) is 3.11. The summed E-state index contributed by atoms with van der Waals surface area (Å²) in [5.41, 5.74) is 0.270. The predicted octanol–water partition coefficient (Wildman–Crippen LogP) is 0.710. The van der Waals surface area contributed by atoms with E-state index < -0.39 is 11.9 Å². The number of carbonyl (C=O) groups is 4. The number of nitrogens with zero attached hydrogens (tertiary/aromatic N) is 1. The second-order valence-electron chi connectivity index (χ2n) is 8.68. The van der Waals surface area contributed by atoms with Crippen molar-refractivity contribution < 1.29 is 28.7 Å². The van der Waals surface area contributed by atoms with Crippen molar-refractivity contribution in [1.82, 2.24) is 20.9 Å². The normalized spacial score (nSPS) is 20.4. The quantitative estimate of drug-likeness (QED) is 0.519. The Bertz CT molecular complexity index is 860. The predicted molar refractivity (Wildman–Crippen MR) is 126 cm³/mol. The van der Waals surface area contributed by atoms with Gasteiger partial charge in [0.2, 0.25) is 17.7 Å². The lowest BCUT2D eigenvalue weighted by Crippen LogP contribution is -2.48. The lowest BCUT2D eigenvalue weighted by molar-refractivity contribution is -0.135. The van der Waals surface area contributed by atoms with Gasteiger partial charge in [0.1, 0.15) is 18.4 Å². The van der Waals surface area contributed by atoms with E-state index in [-0.39, 0.29) is 61.2 Å². The number of hydrogen-bond acceptors (Lipinski definition) is 6. The molecule has 0 aliphatic carbocycles. The molecule has 34 heavy (non-hydrogen) atoms. The van der Waals surface area contributed by atoms with Crippen LogP contribution in [-0.2, 0) is 19.1 Å². The summed E-state index contributed by atoms with van der Waals surface area (Å²) in [6.45, 7) is 4.80. The third kappa shape index (κ3) is 8.33. The monoisotopic (exact) mass is 476 g/mol. The highest BCUT2D eigenvalue weighted by Gasteiger charge is 2.26. The Labute approximate surface area is 200 Å². The fourth-order valence-corrected chi connectivity index (χ4v) is 3.43. The van der Waals surface area contributed by atoms with Gasteiger partial charge in [0.05, 0.1) is 18.2 Å². The molecular formula is C24H36N4O6. The molecule has 0 fully saturated rings. The van der Waals surface area contributed by atoms with Crippen LogP contribution >= 0.6 is 0 Å². The van der Waals surface area contributed by atoms with Gasteiger partial charge >= 0.3 is 0 Å². The van der Waals surface area contributed by atoms with E-state index in [0.29, 0.717) is 25.3 Å². The van der Waals surface area contributed by atoms with Gasteiger partial charge in [-0.2, -0.15) is 0 Å². The van der Waals surface area contributed by atoms with Gasteiger partial charge in [0, 0.05) is 33.7 Å². The molecule has 10 heteroatoms. The van der Waals surface area contributed by atoms with E-state index in [1.807, 2.05) is 13.8 Å². The molecule has 0 aromatic heterocycles. The van der Waals surface area contributed by atoms with Crippen molar-refractivity contribution in [3.05, 3.63) is 29.8 Å². The highest BCUT2D eigenvalue weighted by molar-refractivity contribution is 5.99. The van der Waals surface area contributed by atoms with Crippen LogP contribution in [0.1, 0.15) is 43.5 Å². The fourth-order valence-electron chi connectivity index (χ4n) is 3.43. The van der Waals surface area contributed by atoms with Crippen molar-refractivity contribution in [3.8, 4) is 5.75 Å². The molecule has 0 bridgehead atoms. The molecule has 10 nitrogen and oxygen atoms in total. The summed E-state index contributed by atoms with van der Waals surface area (Å²) >= 11 is 0. The number of amides is 4. The van der Waals surface area contributed by atoms with Gasteiger partial charge in [-0.3, -0.25) is 19.2 Å². The maximum absolute atomic E-state index is 13.1. The van der Waals surface area contributed by atoms with Gasteiger partial charge in [-0.25, -0.2) is 0 Å². The average molecular weight is 477 g/mol. The lowest BCUT2D eigenvalue weighted by Gasteiger charge is -2.24. The van der Waals surface area contributed by atoms with Gasteiger partial charge in [0.15, 0.2) is 0 Å². The van der Waals surface area contributed by atoms with E-state index in [9.17, 15) is 19.2 Å². The first-order chi connectivity index (χ1) is 16.2. The molecule has 0 saturated heterocycles. The number of benzene rings is 1. The standard InChI is InChI=1S/C24H36N4O6/c1-16(2)19-15-34-20-9-6-5-8-17(20)23(31)27-18(24(32)25-12-7-13-33-4)10-11-22(30)28(3)14-21(29)26-19/h5-6,8-9,16,18-19H,7,10-15H2,1-4H3,(H,25,32)(H,26,29)(H,27,31)/t18-,19+/m0/s1. The molecule has 0 unspecified atom stereocenters. The smallest absolute Gasteiger partial charge is 0.255 e. The van der Waals surface area contributed by atoms with E-state index >= 15 is 0 Å². The number of likely N-dealkylation sites (N-methyl/N-ethyl adjacent to an activating group) is 1. The van der Waals surface area contributed by atoms with E-state index in [1.165, 1.54) is 11.9 Å². The molecule has 0 spiro atoms. The minimum atomic E-state index is -0.928. The van der Waals surface area contributed by atoms with Crippen LogP contribution < -0.4 is 20.7 Å². The topological polar surface area (TPSA) is 126 Å². The van der Waals surface area contributed by atoms with Gasteiger partial charge in [-0.1, -0.05) is 26.0 Å². The average Bonchev–Trinajstić information content (AvgIpc) is 2.81. The first-order valence-electron chi connectivity index (χ1n) is 11.6. The van der Waals surface area contributed by atoms with Crippen LogP contribution in [0.15, 0.2) is 24.3 Å². The van der Waals surface area contributed by atoms with Crippen LogP contribution in [0.5, 0.6) is 5.75 Å². The molecule has 1 aromatic carbocycles. The fraction of sp³-hybridized carbons (Fsp3) is 0.583. The lowest BCUT2D eigenvalue weighted by atomic mass is 10.1. The summed E-state index contributed by atoms with van der Waals surface area (Å²) in [6, 6.07) is 5.49. The zero-order valence-electron chi connectivity index (χ0n) is 20.4. The summed E-state index contributed by atoms with van der Waals surface area (Å²) in [6.07, 6.45) is 0.698. The first kappa shape index (κ1) is 27.1. The van der Waals surface area contributed by atoms with E-state index in [2.05, 4.69) is 16.0 Å². The van der Waals surface area contributed by atoms with E-state index in [0.717, 1.165) is 0 Å². The zero-order chi connectivity index (χ0) is 25.1. The molecule has 4 amide bonds. The number of fused-ring (bicyclic) bond motifs is 1. The van der Waals surface area contributed by atoms with Crippen LogP contribution in [0.3, 0.4) is 0 Å². The van der Waals surface area contributed by atoms with Crippen LogP contribution in [-0.4, -0.2) is 81.1 Å². The van der Waals surface area contributed by atoms with Crippen LogP contribution in [0.4, 0.5) is 0 Å². The summed E-state index contributed by atoms with van der Waals surface area (Å²) < 4.78 is 10.9. The van der Waals surface area contributed by atoms with E-state index in [1.54, 1.807) is 31.4 Å². The second-order valence-corrected chi connectivity index (χ2v) is 8.68. The molecule has 2 atom stereocenters. The van der Waals surface area contributed by atoms with Crippen molar-refractivity contribution in [2.24, 2.45) is 5.92 Å². The summed E-state index contributed by atoms with van der Waals surface area (Å²) in [5, 5.41) is 8.43. The Hall–Kier alpha value is -3.14. The number of ether oxygens (including phenoxy) is 2. The molecule has 1 heterocycles. The van der Waals surface area contributed by atoms with Crippen LogP contribution in [0, 0.1) is 5.92 Å². The Kier molecular flexibility index (Phi) is 10.8. The highest BCUT2D eigenvalue weighted by Crippen LogP contribution is 2.19. The summed E-state index contributed by atoms with van der Waals surface area (Å²) in [4.78, 5) is 52.3. The van der Waals surface area contributed by atoms with Gasteiger partial charge < -0.3 is 30.3 Å². The Morgan fingerprint density at radius 3 is 2.68 bits per heavy atom. The summed E-state index contributed by atoms with van der Waals surface area (Å²) in [5.74, 6) is -1.05. The number of para-hydroxylation sites is 1. The minimum absolute atomic E-state index is 0.00796. The SMILES string of the molecule is COCCCNC(=O)[C@@H]1CCC(=O)N(C)CC(=O)N[C@@H](C(C)C)COc2ccccc2C(=O)N1. The maximum atomic E-state index is 13.1. The minimum Gasteiger partial charge on any atom is -0.491 e. The molecule has 1 aliphatic heterocycles. The largest absolute Gasteiger partial charge is 0.491 e. The molecule has 0 radical (unpaired) electrons. The maximum Gasteiger partial charge on any atom is 0.255 e. The molecule has 2 rings (SSSR count).